The summed E-state index contributed by atoms with van der Waals surface area (Å²) in [5, 5.41) is 7.89. The molecule has 0 amide bonds. The second-order valence-electron chi connectivity index (χ2n) is 3.70. The third kappa shape index (κ3) is 2.17. The Hall–Kier alpha value is -1.23. The lowest BCUT2D eigenvalue weighted by molar-refractivity contribution is -0.121. The third-order valence-corrected chi connectivity index (χ3v) is 2.45. The fourth-order valence-electron chi connectivity index (χ4n) is 1.66. The minimum Gasteiger partial charge on any atom is -0.300 e. The highest BCUT2D eigenvalue weighted by atomic mass is 16.1. The summed E-state index contributed by atoms with van der Waals surface area (Å²) in [6.45, 7) is 2.52. The van der Waals surface area contributed by atoms with Gasteiger partial charge < -0.3 is 0 Å². The van der Waals surface area contributed by atoms with Crippen molar-refractivity contribution in [3.63, 3.8) is 0 Å². The van der Waals surface area contributed by atoms with E-state index in [4.69, 9.17) is 0 Å². The molecule has 1 fully saturated rings. The number of piperidine rings is 1. The van der Waals surface area contributed by atoms with E-state index in [9.17, 15) is 4.79 Å². The summed E-state index contributed by atoms with van der Waals surface area (Å²) < 4.78 is 1.70. The Morgan fingerprint density at radius 1 is 1.43 bits per heavy atom. The molecule has 5 nitrogen and oxygen atoms in total. The third-order valence-electron chi connectivity index (χ3n) is 2.45. The lowest BCUT2D eigenvalue weighted by Gasteiger charge is -2.24. The van der Waals surface area contributed by atoms with Crippen LogP contribution in [0.5, 0.6) is 0 Å². The van der Waals surface area contributed by atoms with Crippen molar-refractivity contribution in [3.05, 3.63) is 11.9 Å². The number of rotatable bonds is 2. The summed E-state index contributed by atoms with van der Waals surface area (Å²) >= 11 is 0. The van der Waals surface area contributed by atoms with E-state index in [1.807, 2.05) is 13.2 Å². The largest absolute Gasteiger partial charge is 0.300 e. The number of aryl methyl sites for hydroxylation is 1. The summed E-state index contributed by atoms with van der Waals surface area (Å²) in [7, 11) is 1.86. The normalized spacial score (nSPS) is 18.8. The number of Topliss-reactive ketones (excluding diaryl/α,β-unsaturated/α-hetero) is 1. The van der Waals surface area contributed by atoms with E-state index in [0.29, 0.717) is 18.6 Å². The zero-order valence-electron chi connectivity index (χ0n) is 8.31. The van der Waals surface area contributed by atoms with Crippen LogP contribution in [0.3, 0.4) is 0 Å². The van der Waals surface area contributed by atoms with Crippen LogP contribution in [-0.4, -0.2) is 38.8 Å². The first-order valence-electron chi connectivity index (χ1n) is 4.83. The molecule has 1 saturated heterocycles. The van der Waals surface area contributed by atoms with Gasteiger partial charge in [0.2, 0.25) is 0 Å². The van der Waals surface area contributed by atoms with Crippen LogP contribution in [0.2, 0.25) is 0 Å². The molecule has 2 heterocycles. The molecule has 0 radical (unpaired) electrons. The fourth-order valence-corrected chi connectivity index (χ4v) is 1.66. The Kier molecular flexibility index (Phi) is 2.58. The van der Waals surface area contributed by atoms with Gasteiger partial charge >= 0.3 is 0 Å². The van der Waals surface area contributed by atoms with Crippen LogP contribution in [0.15, 0.2) is 6.20 Å². The van der Waals surface area contributed by atoms with Gasteiger partial charge in [-0.3, -0.25) is 14.4 Å². The van der Waals surface area contributed by atoms with Crippen LogP contribution >= 0.6 is 0 Å². The van der Waals surface area contributed by atoms with Crippen LogP contribution in [0, 0.1) is 0 Å². The Morgan fingerprint density at radius 2 is 2.14 bits per heavy atom. The molecule has 1 aromatic heterocycles. The Morgan fingerprint density at radius 3 is 2.71 bits per heavy atom. The van der Waals surface area contributed by atoms with Crippen LogP contribution in [-0.2, 0) is 18.4 Å². The van der Waals surface area contributed by atoms with E-state index in [1.54, 1.807) is 4.68 Å². The molecule has 0 N–H and O–H groups in total. The SMILES string of the molecule is Cn1cc(CN2CCC(=O)CC2)nn1. The van der Waals surface area contributed by atoms with Crippen molar-refractivity contribution in [2.45, 2.75) is 19.4 Å². The summed E-state index contributed by atoms with van der Waals surface area (Å²) in [5.74, 6) is 0.375. The molecule has 14 heavy (non-hydrogen) atoms. The van der Waals surface area contributed by atoms with Crippen LogP contribution in [0.1, 0.15) is 18.5 Å². The molecular formula is C9H14N4O. The molecular weight excluding hydrogens is 180 g/mol. The highest BCUT2D eigenvalue weighted by molar-refractivity contribution is 5.79. The van der Waals surface area contributed by atoms with Crippen LogP contribution in [0.25, 0.3) is 0 Å². The monoisotopic (exact) mass is 194 g/mol. The molecule has 1 aromatic rings. The van der Waals surface area contributed by atoms with E-state index >= 15 is 0 Å². The Balaban J connectivity index is 1.89. The number of ketones is 1. The number of hydrogen-bond donors (Lipinski definition) is 0. The van der Waals surface area contributed by atoms with Gasteiger partial charge in [-0.2, -0.15) is 0 Å². The van der Waals surface area contributed by atoms with E-state index in [0.717, 1.165) is 25.3 Å². The van der Waals surface area contributed by atoms with Gasteiger partial charge in [0.05, 0.1) is 5.69 Å². The molecule has 1 aliphatic heterocycles. The molecule has 0 bridgehead atoms. The van der Waals surface area contributed by atoms with Gasteiger partial charge in [-0.1, -0.05) is 5.21 Å². The fraction of sp³-hybridized carbons (Fsp3) is 0.667. The predicted molar refractivity (Wildman–Crippen MR) is 50.5 cm³/mol. The van der Waals surface area contributed by atoms with Crippen molar-refractivity contribution < 1.29 is 4.79 Å². The molecule has 5 heteroatoms. The number of aromatic nitrogens is 3. The summed E-state index contributed by atoms with van der Waals surface area (Å²) in [4.78, 5) is 13.2. The average molecular weight is 194 g/mol. The number of nitrogens with zero attached hydrogens (tertiary/aromatic N) is 4. The molecule has 2 rings (SSSR count). The quantitative estimate of drug-likeness (QED) is 0.664. The predicted octanol–water partition coefficient (Wildman–Crippen LogP) is -0.0200. The van der Waals surface area contributed by atoms with E-state index in [-0.39, 0.29) is 0 Å². The maximum atomic E-state index is 11.0. The lowest BCUT2D eigenvalue weighted by atomic mass is 10.1. The summed E-state index contributed by atoms with van der Waals surface area (Å²) in [6.07, 6.45) is 3.27. The van der Waals surface area contributed by atoms with Gasteiger partial charge in [0.25, 0.3) is 0 Å². The number of hydrogen-bond acceptors (Lipinski definition) is 4. The number of carbonyl (C=O) groups excluding carboxylic acids is 1. The van der Waals surface area contributed by atoms with Gasteiger partial charge in [0.15, 0.2) is 0 Å². The number of carbonyl (C=O) groups is 1. The van der Waals surface area contributed by atoms with Crippen molar-refractivity contribution >= 4 is 5.78 Å². The summed E-state index contributed by atoms with van der Waals surface area (Å²) in [6, 6.07) is 0. The van der Waals surface area contributed by atoms with Crippen LogP contribution < -0.4 is 0 Å². The Bertz CT molecular complexity index is 323. The maximum absolute atomic E-state index is 11.0. The van der Waals surface area contributed by atoms with Gasteiger partial charge in [-0.25, -0.2) is 0 Å². The lowest BCUT2D eigenvalue weighted by Crippen LogP contribution is -2.33. The second-order valence-corrected chi connectivity index (χ2v) is 3.70. The second kappa shape index (κ2) is 3.88. The Labute approximate surface area is 82.7 Å². The summed E-state index contributed by atoms with van der Waals surface area (Å²) in [5.41, 5.74) is 0.974. The first kappa shape index (κ1) is 9.33. The van der Waals surface area contributed by atoms with Gasteiger partial charge in [0.1, 0.15) is 5.78 Å². The molecule has 0 spiro atoms. The first-order chi connectivity index (χ1) is 6.74. The van der Waals surface area contributed by atoms with Gasteiger partial charge in [0, 0.05) is 45.7 Å². The molecule has 0 aliphatic carbocycles. The molecule has 0 atom stereocenters. The minimum absolute atomic E-state index is 0.375. The van der Waals surface area contributed by atoms with Crippen molar-refractivity contribution in [2.24, 2.45) is 7.05 Å². The van der Waals surface area contributed by atoms with E-state index < -0.39 is 0 Å². The maximum Gasteiger partial charge on any atom is 0.135 e. The molecule has 1 aliphatic rings. The molecule has 0 saturated carbocycles. The van der Waals surface area contributed by atoms with Crippen molar-refractivity contribution in [2.75, 3.05) is 13.1 Å². The molecule has 0 unspecified atom stereocenters. The standard InChI is InChI=1S/C9H14N4O/c1-12-6-8(10-11-12)7-13-4-2-9(14)3-5-13/h6H,2-5,7H2,1H3. The average Bonchev–Trinajstić information content (AvgIpc) is 2.56. The van der Waals surface area contributed by atoms with Crippen LogP contribution in [0.4, 0.5) is 0 Å². The van der Waals surface area contributed by atoms with Crippen molar-refractivity contribution in [3.8, 4) is 0 Å². The number of likely N-dealkylation sites (tertiary alicyclic amines) is 1. The van der Waals surface area contributed by atoms with Crippen molar-refractivity contribution in [1.29, 1.82) is 0 Å². The topological polar surface area (TPSA) is 51.0 Å². The highest BCUT2D eigenvalue weighted by Crippen LogP contribution is 2.08. The first-order valence-corrected chi connectivity index (χ1v) is 4.83. The molecule has 76 valence electrons. The van der Waals surface area contributed by atoms with E-state index in [1.165, 1.54) is 0 Å². The zero-order valence-corrected chi connectivity index (χ0v) is 8.31. The minimum atomic E-state index is 0.375. The van der Waals surface area contributed by atoms with Gasteiger partial charge in [-0.15, -0.1) is 5.10 Å². The van der Waals surface area contributed by atoms with Gasteiger partial charge in [-0.05, 0) is 0 Å². The highest BCUT2D eigenvalue weighted by Gasteiger charge is 2.16. The zero-order chi connectivity index (χ0) is 9.97. The van der Waals surface area contributed by atoms with Crippen molar-refractivity contribution in [1.82, 2.24) is 19.9 Å². The smallest absolute Gasteiger partial charge is 0.135 e. The molecule has 0 aromatic carbocycles. The van der Waals surface area contributed by atoms with E-state index in [2.05, 4.69) is 15.2 Å².